The Kier molecular flexibility index (Phi) is 5.55. The van der Waals surface area contributed by atoms with Gasteiger partial charge in [0, 0.05) is 19.4 Å². The largest absolute Gasteiger partial charge is 0.356 e. The van der Waals surface area contributed by atoms with E-state index in [-0.39, 0.29) is 17.1 Å². The predicted octanol–water partition coefficient (Wildman–Crippen LogP) is 2.15. The van der Waals surface area contributed by atoms with Crippen molar-refractivity contribution in [3.8, 4) is 0 Å². The lowest BCUT2D eigenvalue weighted by molar-refractivity contribution is -0.125. The van der Waals surface area contributed by atoms with E-state index >= 15 is 0 Å². The average Bonchev–Trinajstić information content (AvgIpc) is 2.11. The summed E-state index contributed by atoms with van der Waals surface area (Å²) in [5.41, 5.74) is 0.103. The Morgan fingerprint density at radius 1 is 1.20 bits per heavy atom. The maximum Gasteiger partial charge on any atom is 0.220 e. The van der Waals surface area contributed by atoms with E-state index in [4.69, 9.17) is 0 Å². The second-order valence-electron chi connectivity index (χ2n) is 5.12. The van der Waals surface area contributed by atoms with Gasteiger partial charge in [0.15, 0.2) is 0 Å². The highest BCUT2D eigenvalue weighted by Gasteiger charge is 2.22. The topological polar surface area (TPSA) is 46.2 Å². The Morgan fingerprint density at radius 3 is 2.13 bits per heavy atom. The molecule has 1 N–H and O–H groups in total. The van der Waals surface area contributed by atoms with Gasteiger partial charge in [-0.05, 0) is 18.3 Å². The van der Waals surface area contributed by atoms with Crippen LogP contribution in [-0.4, -0.2) is 18.2 Å². The monoisotopic (exact) mass is 213 g/mol. The van der Waals surface area contributed by atoms with Crippen molar-refractivity contribution in [2.45, 2.75) is 47.5 Å². The van der Waals surface area contributed by atoms with Gasteiger partial charge in [-0.25, -0.2) is 0 Å². The van der Waals surface area contributed by atoms with Crippen LogP contribution in [-0.2, 0) is 9.59 Å². The maximum atomic E-state index is 11.4. The van der Waals surface area contributed by atoms with Gasteiger partial charge in [-0.2, -0.15) is 0 Å². The molecule has 0 aromatic carbocycles. The second-order valence-corrected chi connectivity index (χ2v) is 5.12. The summed E-state index contributed by atoms with van der Waals surface area (Å²) < 4.78 is 0. The summed E-state index contributed by atoms with van der Waals surface area (Å²) >= 11 is 0. The molecule has 0 bridgehead atoms. The summed E-state index contributed by atoms with van der Waals surface area (Å²) in [5, 5.41) is 2.87. The predicted molar refractivity (Wildman–Crippen MR) is 61.5 cm³/mol. The van der Waals surface area contributed by atoms with Gasteiger partial charge in [-0.1, -0.05) is 27.7 Å². The second kappa shape index (κ2) is 5.89. The molecule has 0 spiro atoms. The zero-order valence-electron chi connectivity index (χ0n) is 10.5. The van der Waals surface area contributed by atoms with Crippen LogP contribution >= 0.6 is 0 Å². The molecule has 0 aromatic heterocycles. The van der Waals surface area contributed by atoms with Crippen molar-refractivity contribution in [3.63, 3.8) is 0 Å². The van der Waals surface area contributed by atoms with E-state index in [0.29, 0.717) is 25.3 Å². The van der Waals surface area contributed by atoms with Crippen LogP contribution in [0.3, 0.4) is 0 Å². The van der Waals surface area contributed by atoms with E-state index in [2.05, 4.69) is 33.0 Å². The molecule has 0 saturated carbocycles. The Morgan fingerprint density at radius 2 is 1.73 bits per heavy atom. The number of rotatable bonds is 6. The van der Waals surface area contributed by atoms with Crippen LogP contribution in [0.15, 0.2) is 0 Å². The summed E-state index contributed by atoms with van der Waals surface area (Å²) in [6.07, 6.45) is 0.650. The van der Waals surface area contributed by atoms with Crippen molar-refractivity contribution in [2.75, 3.05) is 6.54 Å². The third kappa shape index (κ3) is 6.26. The number of hydrogen-bond acceptors (Lipinski definition) is 2. The standard InChI is InChI=1S/C12H23NO2/c1-9(2)12(4,5)8-13-11(15)7-6-10(3)14/h9H,6-8H2,1-5H3,(H,13,15). The van der Waals surface area contributed by atoms with Crippen molar-refractivity contribution in [3.05, 3.63) is 0 Å². The number of carbonyl (C=O) groups is 2. The van der Waals surface area contributed by atoms with Crippen molar-refractivity contribution < 1.29 is 9.59 Å². The molecule has 0 saturated heterocycles. The first kappa shape index (κ1) is 14.1. The fourth-order valence-corrected chi connectivity index (χ4v) is 0.908. The normalized spacial score (nSPS) is 11.6. The van der Waals surface area contributed by atoms with Gasteiger partial charge in [0.2, 0.25) is 5.91 Å². The quantitative estimate of drug-likeness (QED) is 0.735. The van der Waals surface area contributed by atoms with Crippen LogP contribution < -0.4 is 5.32 Å². The highest BCUT2D eigenvalue weighted by Crippen LogP contribution is 2.24. The van der Waals surface area contributed by atoms with Crippen LogP contribution in [0.5, 0.6) is 0 Å². The first-order chi connectivity index (χ1) is 6.75. The van der Waals surface area contributed by atoms with Gasteiger partial charge < -0.3 is 10.1 Å². The number of carbonyl (C=O) groups excluding carboxylic acids is 2. The van der Waals surface area contributed by atoms with E-state index < -0.39 is 0 Å². The van der Waals surface area contributed by atoms with Gasteiger partial charge in [-0.3, -0.25) is 4.79 Å². The fourth-order valence-electron chi connectivity index (χ4n) is 0.908. The Hall–Kier alpha value is -0.860. The molecule has 0 aliphatic carbocycles. The van der Waals surface area contributed by atoms with E-state index in [0.717, 1.165) is 0 Å². The number of hydrogen-bond donors (Lipinski definition) is 1. The molecule has 3 nitrogen and oxygen atoms in total. The third-order valence-electron chi connectivity index (χ3n) is 3.01. The first-order valence-electron chi connectivity index (χ1n) is 5.52. The fraction of sp³-hybridized carbons (Fsp3) is 0.833. The minimum absolute atomic E-state index is 0.0288. The van der Waals surface area contributed by atoms with E-state index in [1.165, 1.54) is 6.92 Å². The van der Waals surface area contributed by atoms with Crippen molar-refractivity contribution >= 4 is 11.7 Å². The molecule has 3 heteroatoms. The molecule has 88 valence electrons. The molecule has 0 aliphatic heterocycles. The maximum absolute atomic E-state index is 11.4. The van der Waals surface area contributed by atoms with E-state index in [1.54, 1.807) is 0 Å². The van der Waals surface area contributed by atoms with E-state index in [9.17, 15) is 9.59 Å². The van der Waals surface area contributed by atoms with Gasteiger partial charge in [0.05, 0.1) is 0 Å². The van der Waals surface area contributed by atoms with Crippen molar-refractivity contribution in [2.24, 2.45) is 11.3 Å². The minimum atomic E-state index is -0.0288. The Labute approximate surface area is 92.6 Å². The molecule has 0 aliphatic rings. The summed E-state index contributed by atoms with van der Waals surface area (Å²) in [6.45, 7) is 10.7. The molecule has 0 atom stereocenters. The molecule has 0 radical (unpaired) electrons. The van der Waals surface area contributed by atoms with Gasteiger partial charge in [0.1, 0.15) is 5.78 Å². The summed E-state index contributed by atoms with van der Waals surface area (Å²) in [7, 11) is 0. The molecule has 15 heavy (non-hydrogen) atoms. The highest BCUT2D eigenvalue weighted by molar-refractivity contribution is 5.83. The number of ketones is 1. The smallest absolute Gasteiger partial charge is 0.220 e. The molecular weight excluding hydrogens is 190 g/mol. The summed E-state index contributed by atoms with van der Waals surface area (Å²) in [4.78, 5) is 22.0. The van der Waals surface area contributed by atoms with Crippen LogP contribution in [0.25, 0.3) is 0 Å². The molecular formula is C12H23NO2. The third-order valence-corrected chi connectivity index (χ3v) is 3.01. The molecule has 0 unspecified atom stereocenters. The van der Waals surface area contributed by atoms with Crippen LogP contribution in [0.2, 0.25) is 0 Å². The van der Waals surface area contributed by atoms with E-state index in [1.807, 2.05) is 0 Å². The molecule has 0 fully saturated rings. The van der Waals surface area contributed by atoms with Crippen molar-refractivity contribution in [1.82, 2.24) is 5.32 Å². The van der Waals surface area contributed by atoms with Crippen molar-refractivity contribution in [1.29, 1.82) is 0 Å². The molecule has 0 aromatic rings. The SMILES string of the molecule is CC(=O)CCC(=O)NCC(C)(C)C(C)C. The number of Topliss-reactive ketones (excluding diaryl/α,β-unsaturated/α-hetero) is 1. The minimum Gasteiger partial charge on any atom is -0.356 e. The zero-order chi connectivity index (χ0) is 12.1. The number of nitrogens with one attached hydrogen (secondary N) is 1. The van der Waals surface area contributed by atoms with Crippen LogP contribution in [0.4, 0.5) is 0 Å². The summed E-state index contributed by atoms with van der Waals surface area (Å²) in [5.74, 6) is 0.554. The Balaban J connectivity index is 3.85. The average molecular weight is 213 g/mol. The lowest BCUT2D eigenvalue weighted by atomic mass is 9.81. The van der Waals surface area contributed by atoms with Gasteiger partial charge in [-0.15, -0.1) is 0 Å². The van der Waals surface area contributed by atoms with Crippen LogP contribution in [0, 0.1) is 11.3 Å². The molecule has 1 amide bonds. The molecule has 0 heterocycles. The van der Waals surface area contributed by atoms with Gasteiger partial charge in [0.25, 0.3) is 0 Å². The van der Waals surface area contributed by atoms with Crippen LogP contribution in [0.1, 0.15) is 47.5 Å². The first-order valence-corrected chi connectivity index (χ1v) is 5.52. The lowest BCUT2D eigenvalue weighted by Crippen LogP contribution is -2.37. The summed E-state index contributed by atoms with van der Waals surface area (Å²) in [6, 6.07) is 0. The highest BCUT2D eigenvalue weighted by atomic mass is 16.2. The molecule has 0 rings (SSSR count). The lowest BCUT2D eigenvalue weighted by Gasteiger charge is -2.29. The number of amides is 1. The Bertz CT molecular complexity index is 232. The van der Waals surface area contributed by atoms with Gasteiger partial charge >= 0.3 is 0 Å². The zero-order valence-corrected chi connectivity index (χ0v) is 10.5.